The number of nitrogens with zero attached hydrogens (tertiary/aromatic N) is 4. The number of fused-ring (bicyclic) bond motifs is 1. The Hall–Kier alpha value is -4.02. The van der Waals surface area contributed by atoms with Crippen LogP contribution in [0, 0.1) is 13.8 Å². The summed E-state index contributed by atoms with van der Waals surface area (Å²) in [5, 5.41) is 9.80. The maximum absolute atomic E-state index is 12.5. The lowest BCUT2D eigenvalue weighted by atomic mass is 10.1. The van der Waals surface area contributed by atoms with Crippen LogP contribution in [0.4, 0.5) is 10.5 Å². The fraction of sp³-hybridized carbons (Fsp3) is 0.391. The second kappa shape index (κ2) is 9.86. The molecular weight excluding hydrogens is 438 g/mol. The van der Waals surface area contributed by atoms with Gasteiger partial charge in [-0.15, -0.1) is 5.10 Å². The number of amides is 3. The molecule has 180 valence electrons. The first kappa shape index (κ1) is 24.6. The number of nitrogens with one attached hydrogen (secondary N) is 2. The molecule has 11 heteroatoms. The van der Waals surface area contributed by atoms with E-state index >= 15 is 0 Å². The highest BCUT2D eigenvalue weighted by Crippen LogP contribution is 2.18. The monoisotopic (exact) mass is 467 g/mol. The Labute approximate surface area is 197 Å². The normalized spacial score (nSPS) is 11.3. The van der Waals surface area contributed by atoms with Crippen molar-refractivity contribution in [2.24, 2.45) is 5.73 Å². The number of ether oxygens (including phenoxy) is 1. The third-order valence-corrected chi connectivity index (χ3v) is 4.95. The van der Waals surface area contributed by atoms with Crippen LogP contribution in [0.1, 0.15) is 60.3 Å². The number of aryl methyl sites for hydroxylation is 2. The van der Waals surface area contributed by atoms with Gasteiger partial charge in [-0.05, 0) is 58.7 Å². The molecule has 1 aromatic carbocycles. The summed E-state index contributed by atoms with van der Waals surface area (Å²) in [6.07, 6.45) is 0.0251. The Morgan fingerprint density at radius 3 is 2.50 bits per heavy atom. The summed E-state index contributed by atoms with van der Waals surface area (Å²) < 4.78 is 6.81. The third kappa shape index (κ3) is 6.06. The van der Waals surface area contributed by atoms with Gasteiger partial charge in [0.15, 0.2) is 5.82 Å². The number of aromatic nitrogens is 4. The van der Waals surface area contributed by atoms with E-state index in [1.165, 1.54) is 0 Å². The van der Waals surface area contributed by atoms with E-state index < -0.39 is 17.6 Å². The molecule has 0 saturated heterocycles. The molecule has 0 aliphatic heterocycles. The molecule has 3 rings (SSSR count). The van der Waals surface area contributed by atoms with Gasteiger partial charge in [0.05, 0.1) is 17.8 Å². The first-order valence-corrected chi connectivity index (χ1v) is 10.8. The Balaban J connectivity index is 1.69. The molecule has 0 saturated carbocycles. The number of hydrogen-bond donors (Lipinski definition) is 3. The van der Waals surface area contributed by atoms with Gasteiger partial charge in [0.1, 0.15) is 5.60 Å². The van der Waals surface area contributed by atoms with Crippen LogP contribution >= 0.6 is 0 Å². The van der Waals surface area contributed by atoms with E-state index in [0.29, 0.717) is 23.7 Å². The highest BCUT2D eigenvalue weighted by molar-refractivity contribution is 6.03. The van der Waals surface area contributed by atoms with Crippen molar-refractivity contribution in [2.75, 3.05) is 5.32 Å². The average molecular weight is 468 g/mol. The van der Waals surface area contributed by atoms with Crippen molar-refractivity contribution in [3.8, 4) is 0 Å². The highest BCUT2D eigenvalue weighted by Gasteiger charge is 2.18. The molecule has 3 aromatic rings. The third-order valence-electron chi connectivity index (χ3n) is 4.95. The van der Waals surface area contributed by atoms with Crippen LogP contribution in [0.2, 0.25) is 0 Å². The van der Waals surface area contributed by atoms with Gasteiger partial charge in [-0.1, -0.05) is 12.1 Å². The fourth-order valence-electron chi connectivity index (χ4n) is 3.41. The number of alkyl carbamates (subject to hydrolysis) is 1. The second-order valence-electron chi connectivity index (χ2n) is 8.81. The molecule has 2 aromatic heterocycles. The molecule has 3 amide bonds. The smallest absolute Gasteiger partial charge is 0.408 e. The number of primary amides is 1. The van der Waals surface area contributed by atoms with Gasteiger partial charge in [0.25, 0.3) is 11.7 Å². The molecular formula is C23H29N7O4. The van der Waals surface area contributed by atoms with Crippen molar-refractivity contribution in [1.29, 1.82) is 0 Å². The van der Waals surface area contributed by atoms with Gasteiger partial charge in [-0.3, -0.25) is 9.59 Å². The topological polar surface area (TPSA) is 154 Å². The Bertz CT molecular complexity index is 1240. The molecule has 34 heavy (non-hydrogen) atoms. The number of rotatable bonds is 7. The summed E-state index contributed by atoms with van der Waals surface area (Å²) in [6.45, 7) is 9.15. The van der Waals surface area contributed by atoms with Crippen LogP contribution in [0.25, 0.3) is 5.78 Å². The standard InChI is InChI=1S/C23H29N7O4/c1-13-15(10-11-19(31)27-17-9-7-6-8-16(17)20(24)32)14(2)30-21(26-13)28-18(29-30)12-25-22(33)34-23(3,4)5/h6-9H,10-12H2,1-5H3,(H2,24,32)(H,25,33)(H,27,31). The Morgan fingerprint density at radius 2 is 1.82 bits per heavy atom. The van der Waals surface area contributed by atoms with Gasteiger partial charge in [-0.25, -0.2) is 14.3 Å². The van der Waals surface area contributed by atoms with E-state index in [9.17, 15) is 14.4 Å². The van der Waals surface area contributed by atoms with Crippen molar-refractivity contribution < 1.29 is 19.1 Å². The zero-order valence-electron chi connectivity index (χ0n) is 19.9. The first-order chi connectivity index (χ1) is 15.9. The van der Waals surface area contributed by atoms with E-state index in [1.807, 2.05) is 13.8 Å². The summed E-state index contributed by atoms with van der Waals surface area (Å²) in [5.74, 6) is -0.0767. The van der Waals surface area contributed by atoms with E-state index in [0.717, 1.165) is 17.0 Å². The van der Waals surface area contributed by atoms with Crippen molar-refractivity contribution >= 4 is 29.4 Å². The van der Waals surface area contributed by atoms with Gasteiger partial charge in [0.2, 0.25) is 5.91 Å². The summed E-state index contributed by atoms with van der Waals surface area (Å²) in [7, 11) is 0. The number of carbonyl (C=O) groups excluding carboxylic acids is 3. The zero-order chi connectivity index (χ0) is 25.0. The Morgan fingerprint density at radius 1 is 1.12 bits per heavy atom. The minimum atomic E-state index is -0.611. The van der Waals surface area contributed by atoms with Gasteiger partial charge >= 0.3 is 6.09 Å². The molecule has 0 radical (unpaired) electrons. The predicted octanol–water partition coefficient (Wildman–Crippen LogP) is 2.44. The molecule has 0 unspecified atom stereocenters. The maximum atomic E-state index is 12.5. The number of nitrogens with two attached hydrogens (primary N) is 1. The number of carbonyl (C=O) groups is 3. The van der Waals surface area contributed by atoms with Crippen molar-refractivity contribution in [3.05, 3.63) is 52.6 Å². The fourth-order valence-corrected chi connectivity index (χ4v) is 3.41. The van der Waals surface area contributed by atoms with Crippen molar-refractivity contribution in [3.63, 3.8) is 0 Å². The molecule has 0 aliphatic carbocycles. The van der Waals surface area contributed by atoms with Gasteiger partial charge in [-0.2, -0.15) is 4.98 Å². The largest absolute Gasteiger partial charge is 0.444 e. The summed E-state index contributed by atoms with van der Waals surface area (Å²) >= 11 is 0. The quantitative estimate of drug-likeness (QED) is 0.482. The molecule has 4 N–H and O–H groups in total. The minimum Gasteiger partial charge on any atom is -0.444 e. The number of hydrogen-bond acceptors (Lipinski definition) is 7. The summed E-state index contributed by atoms with van der Waals surface area (Å²) in [4.78, 5) is 44.8. The van der Waals surface area contributed by atoms with Gasteiger partial charge in [0, 0.05) is 17.8 Å². The number of anilines is 1. The number of para-hydroxylation sites is 1. The first-order valence-electron chi connectivity index (χ1n) is 10.8. The lowest BCUT2D eigenvalue weighted by molar-refractivity contribution is -0.116. The summed E-state index contributed by atoms with van der Waals surface area (Å²) in [6, 6.07) is 6.58. The second-order valence-corrected chi connectivity index (χ2v) is 8.81. The van der Waals surface area contributed by atoms with Crippen LogP contribution in [-0.4, -0.2) is 43.1 Å². The average Bonchev–Trinajstić information content (AvgIpc) is 3.14. The van der Waals surface area contributed by atoms with Crippen LogP contribution < -0.4 is 16.4 Å². The molecule has 11 nitrogen and oxygen atoms in total. The molecule has 2 heterocycles. The van der Waals surface area contributed by atoms with Crippen molar-refractivity contribution in [2.45, 2.75) is 59.6 Å². The van der Waals surface area contributed by atoms with Crippen LogP contribution in [0.15, 0.2) is 24.3 Å². The summed E-state index contributed by atoms with van der Waals surface area (Å²) in [5.41, 5.74) is 7.78. The van der Waals surface area contributed by atoms with Crippen LogP contribution in [0.3, 0.4) is 0 Å². The maximum Gasteiger partial charge on any atom is 0.408 e. The lowest BCUT2D eigenvalue weighted by Gasteiger charge is -2.19. The zero-order valence-corrected chi connectivity index (χ0v) is 19.9. The number of benzene rings is 1. The molecule has 0 fully saturated rings. The molecule has 0 atom stereocenters. The van der Waals surface area contributed by atoms with E-state index in [4.69, 9.17) is 10.5 Å². The van der Waals surface area contributed by atoms with Crippen LogP contribution in [-0.2, 0) is 22.5 Å². The van der Waals surface area contributed by atoms with E-state index in [-0.39, 0.29) is 24.4 Å². The minimum absolute atomic E-state index is 0.0910. The highest BCUT2D eigenvalue weighted by atomic mass is 16.6. The molecule has 0 bridgehead atoms. The SMILES string of the molecule is Cc1nc2nc(CNC(=O)OC(C)(C)C)nn2c(C)c1CCC(=O)Nc1ccccc1C(N)=O. The lowest BCUT2D eigenvalue weighted by Crippen LogP contribution is -2.32. The van der Waals surface area contributed by atoms with Gasteiger partial charge < -0.3 is 21.1 Å². The Kier molecular flexibility index (Phi) is 7.14. The van der Waals surface area contributed by atoms with Crippen LogP contribution in [0.5, 0.6) is 0 Å². The predicted molar refractivity (Wildman–Crippen MR) is 125 cm³/mol. The van der Waals surface area contributed by atoms with E-state index in [2.05, 4.69) is 25.7 Å². The van der Waals surface area contributed by atoms with Crippen molar-refractivity contribution in [1.82, 2.24) is 24.9 Å². The van der Waals surface area contributed by atoms with E-state index in [1.54, 1.807) is 49.6 Å². The molecule has 0 aliphatic rings. The molecule has 0 spiro atoms.